The number of hydrogen-bond donors (Lipinski definition) is 2. The SMILES string of the molecule is CCC(CC)(CN)C(=O)Nc1cc(Cl)c(Cl)cc1Cl. The molecule has 0 aliphatic heterocycles. The van der Waals surface area contributed by atoms with Gasteiger partial charge in [-0.15, -0.1) is 0 Å². The van der Waals surface area contributed by atoms with Gasteiger partial charge in [-0.05, 0) is 25.0 Å². The second kappa shape index (κ2) is 6.80. The molecule has 0 radical (unpaired) electrons. The fraction of sp³-hybridized carbons (Fsp3) is 0.462. The van der Waals surface area contributed by atoms with Crippen LogP contribution in [-0.2, 0) is 4.79 Å². The summed E-state index contributed by atoms with van der Waals surface area (Å²) < 4.78 is 0. The van der Waals surface area contributed by atoms with Crippen LogP contribution < -0.4 is 11.1 Å². The molecule has 19 heavy (non-hydrogen) atoms. The molecule has 6 heteroatoms. The van der Waals surface area contributed by atoms with E-state index in [1.807, 2.05) is 13.8 Å². The number of nitrogens with two attached hydrogens (primary N) is 1. The van der Waals surface area contributed by atoms with Gasteiger partial charge in [0.15, 0.2) is 0 Å². The van der Waals surface area contributed by atoms with E-state index in [2.05, 4.69) is 5.32 Å². The number of anilines is 1. The first-order valence-electron chi connectivity index (χ1n) is 6.06. The summed E-state index contributed by atoms with van der Waals surface area (Å²) in [7, 11) is 0. The molecule has 0 unspecified atom stereocenters. The maximum atomic E-state index is 12.4. The molecular formula is C13H17Cl3N2O. The lowest BCUT2D eigenvalue weighted by molar-refractivity contribution is -0.125. The van der Waals surface area contributed by atoms with Gasteiger partial charge in [0.1, 0.15) is 0 Å². The second-order valence-electron chi connectivity index (χ2n) is 4.39. The third kappa shape index (κ3) is 3.54. The summed E-state index contributed by atoms with van der Waals surface area (Å²) in [6, 6.07) is 3.04. The van der Waals surface area contributed by atoms with E-state index in [0.29, 0.717) is 33.6 Å². The average Bonchev–Trinajstić information content (AvgIpc) is 2.38. The predicted molar refractivity (Wildman–Crippen MR) is 82.2 cm³/mol. The van der Waals surface area contributed by atoms with Crippen LogP contribution in [0.15, 0.2) is 12.1 Å². The Morgan fingerprint density at radius 1 is 1.16 bits per heavy atom. The van der Waals surface area contributed by atoms with Crippen LogP contribution in [0.2, 0.25) is 15.1 Å². The van der Waals surface area contributed by atoms with Crippen molar-refractivity contribution >= 4 is 46.4 Å². The molecular weight excluding hydrogens is 307 g/mol. The monoisotopic (exact) mass is 322 g/mol. The highest BCUT2D eigenvalue weighted by Gasteiger charge is 2.33. The van der Waals surface area contributed by atoms with Crippen LogP contribution >= 0.6 is 34.8 Å². The zero-order chi connectivity index (χ0) is 14.6. The van der Waals surface area contributed by atoms with Crippen molar-refractivity contribution in [2.75, 3.05) is 11.9 Å². The molecule has 0 aliphatic carbocycles. The molecule has 1 aromatic rings. The van der Waals surface area contributed by atoms with Crippen LogP contribution in [0.25, 0.3) is 0 Å². The summed E-state index contributed by atoms with van der Waals surface area (Å²) in [5.74, 6) is -0.153. The van der Waals surface area contributed by atoms with Gasteiger partial charge in [-0.1, -0.05) is 48.7 Å². The molecule has 0 spiro atoms. The minimum atomic E-state index is -0.588. The molecule has 106 valence electrons. The van der Waals surface area contributed by atoms with Gasteiger partial charge in [0, 0.05) is 6.54 Å². The number of nitrogens with one attached hydrogen (secondary N) is 1. The highest BCUT2D eigenvalue weighted by atomic mass is 35.5. The van der Waals surface area contributed by atoms with Crippen molar-refractivity contribution < 1.29 is 4.79 Å². The second-order valence-corrected chi connectivity index (χ2v) is 5.61. The Bertz CT molecular complexity index is 465. The van der Waals surface area contributed by atoms with E-state index in [0.717, 1.165) is 0 Å². The molecule has 0 saturated heterocycles. The van der Waals surface area contributed by atoms with Crippen molar-refractivity contribution in [1.82, 2.24) is 0 Å². The van der Waals surface area contributed by atoms with E-state index in [9.17, 15) is 4.79 Å². The Kier molecular flexibility index (Phi) is 5.93. The van der Waals surface area contributed by atoms with Gasteiger partial charge in [-0.3, -0.25) is 4.79 Å². The lowest BCUT2D eigenvalue weighted by Gasteiger charge is -2.28. The topological polar surface area (TPSA) is 55.1 Å². The van der Waals surface area contributed by atoms with E-state index in [-0.39, 0.29) is 12.5 Å². The number of rotatable bonds is 5. The van der Waals surface area contributed by atoms with Gasteiger partial charge in [0.2, 0.25) is 5.91 Å². The Morgan fingerprint density at radius 3 is 2.16 bits per heavy atom. The van der Waals surface area contributed by atoms with Crippen LogP contribution in [0.4, 0.5) is 5.69 Å². The minimum absolute atomic E-state index is 0.153. The summed E-state index contributed by atoms with van der Waals surface area (Å²) in [6.45, 7) is 4.16. The first-order valence-corrected chi connectivity index (χ1v) is 7.19. The van der Waals surface area contributed by atoms with Gasteiger partial charge in [0.25, 0.3) is 0 Å². The van der Waals surface area contributed by atoms with Crippen molar-refractivity contribution in [3.63, 3.8) is 0 Å². The fourth-order valence-corrected chi connectivity index (χ4v) is 2.42. The summed E-state index contributed by atoms with van der Waals surface area (Å²) >= 11 is 17.8. The first-order chi connectivity index (χ1) is 8.90. The predicted octanol–water partition coefficient (Wildman–Crippen LogP) is 4.35. The van der Waals surface area contributed by atoms with Crippen LogP contribution in [-0.4, -0.2) is 12.5 Å². The lowest BCUT2D eigenvalue weighted by atomic mass is 9.81. The number of carbonyl (C=O) groups is 1. The first kappa shape index (κ1) is 16.6. The average molecular weight is 324 g/mol. The van der Waals surface area contributed by atoms with E-state index in [4.69, 9.17) is 40.5 Å². The molecule has 0 bridgehead atoms. The summed E-state index contributed by atoms with van der Waals surface area (Å²) in [5.41, 5.74) is 5.59. The molecule has 0 saturated carbocycles. The highest BCUT2D eigenvalue weighted by molar-refractivity contribution is 6.44. The van der Waals surface area contributed by atoms with Gasteiger partial charge in [0.05, 0.1) is 26.2 Å². The van der Waals surface area contributed by atoms with Crippen molar-refractivity contribution in [2.24, 2.45) is 11.1 Å². The molecule has 3 N–H and O–H groups in total. The third-order valence-corrected chi connectivity index (χ3v) is 4.52. The molecule has 0 atom stereocenters. The zero-order valence-corrected chi connectivity index (χ0v) is 13.2. The highest BCUT2D eigenvalue weighted by Crippen LogP contribution is 2.34. The summed E-state index contributed by atoms with van der Waals surface area (Å²) in [4.78, 5) is 12.4. The smallest absolute Gasteiger partial charge is 0.231 e. The minimum Gasteiger partial charge on any atom is -0.329 e. The van der Waals surface area contributed by atoms with Crippen LogP contribution in [0.3, 0.4) is 0 Å². The largest absolute Gasteiger partial charge is 0.329 e. The van der Waals surface area contributed by atoms with Gasteiger partial charge >= 0.3 is 0 Å². The Labute approximate surface area is 128 Å². The number of halogens is 3. The molecule has 1 rings (SSSR count). The van der Waals surface area contributed by atoms with E-state index in [1.54, 1.807) is 0 Å². The quantitative estimate of drug-likeness (QED) is 0.791. The maximum Gasteiger partial charge on any atom is 0.231 e. The molecule has 0 heterocycles. The summed E-state index contributed by atoms with van der Waals surface area (Å²) in [6.07, 6.45) is 1.32. The van der Waals surface area contributed by atoms with Gasteiger partial charge < -0.3 is 11.1 Å². The van der Waals surface area contributed by atoms with Crippen molar-refractivity contribution in [3.05, 3.63) is 27.2 Å². The van der Waals surface area contributed by atoms with Crippen molar-refractivity contribution in [3.8, 4) is 0 Å². The van der Waals surface area contributed by atoms with E-state index >= 15 is 0 Å². The normalized spacial score (nSPS) is 11.5. The lowest BCUT2D eigenvalue weighted by Crippen LogP contribution is -2.41. The maximum absolute atomic E-state index is 12.4. The Balaban J connectivity index is 3.02. The zero-order valence-electron chi connectivity index (χ0n) is 10.9. The number of hydrogen-bond acceptors (Lipinski definition) is 2. The summed E-state index contributed by atoms with van der Waals surface area (Å²) in [5, 5.41) is 3.81. The van der Waals surface area contributed by atoms with Crippen molar-refractivity contribution in [2.45, 2.75) is 26.7 Å². The molecule has 3 nitrogen and oxygen atoms in total. The molecule has 1 aromatic carbocycles. The number of carbonyl (C=O) groups excluding carboxylic acids is 1. The molecule has 0 aromatic heterocycles. The number of benzene rings is 1. The fourth-order valence-electron chi connectivity index (χ4n) is 1.83. The molecule has 0 aliphatic rings. The van der Waals surface area contributed by atoms with E-state index < -0.39 is 5.41 Å². The van der Waals surface area contributed by atoms with Crippen LogP contribution in [0, 0.1) is 5.41 Å². The van der Waals surface area contributed by atoms with Crippen LogP contribution in [0.5, 0.6) is 0 Å². The standard InChI is InChI=1S/C13H17Cl3N2O/c1-3-13(4-2,7-17)12(19)18-11-6-9(15)8(14)5-10(11)16/h5-6H,3-4,7,17H2,1-2H3,(H,18,19). The molecule has 1 amide bonds. The Hall–Kier alpha value is -0.480. The Morgan fingerprint density at radius 2 is 1.68 bits per heavy atom. The van der Waals surface area contributed by atoms with Crippen LogP contribution in [0.1, 0.15) is 26.7 Å². The number of amides is 1. The molecule has 0 fully saturated rings. The van der Waals surface area contributed by atoms with Gasteiger partial charge in [-0.2, -0.15) is 0 Å². The third-order valence-electron chi connectivity index (χ3n) is 3.48. The van der Waals surface area contributed by atoms with Gasteiger partial charge in [-0.25, -0.2) is 0 Å². The van der Waals surface area contributed by atoms with Crippen molar-refractivity contribution in [1.29, 1.82) is 0 Å². The van der Waals surface area contributed by atoms with E-state index in [1.165, 1.54) is 12.1 Å².